The molecule has 15 nitrogen and oxygen atoms in total. The van der Waals surface area contributed by atoms with Crippen molar-refractivity contribution in [3.63, 3.8) is 0 Å². The normalized spacial score (nSPS) is 10.4. The molecule has 0 aliphatic carbocycles. The number of amides is 2. The Balaban J connectivity index is 3.78. The summed E-state index contributed by atoms with van der Waals surface area (Å²) < 4.78 is 23.2. The Labute approximate surface area is 193 Å². The quantitative estimate of drug-likeness (QED) is 0.0871. The zero-order chi connectivity index (χ0) is 25.8. The molecular weight excluding hydrogens is 464 g/mol. The van der Waals surface area contributed by atoms with E-state index >= 15 is 0 Å². The second-order valence-electron chi connectivity index (χ2n) is 5.71. The molecular formula is C19H24N2O13. The van der Waals surface area contributed by atoms with E-state index in [2.05, 4.69) is 19.5 Å². The van der Waals surface area contributed by atoms with Gasteiger partial charge in [-0.05, 0) is 0 Å². The lowest BCUT2D eigenvalue weighted by molar-refractivity contribution is -0.145. The number of nitrogens with one attached hydrogen (secondary N) is 2. The Kier molecular flexibility index (Phi) is 16.0. The highest BCUT2D eigenvalue weighted by Gasteiger charge is 2.08. The van der Waals surface area contributed by atoms with Crippen LogP contribution in [0.25, 0.3) is 0 Å². The van der Waals surface area contributed by atoms with Gasteiger partial charge in [-0.1, -0.05) is 0 Å². The molecule has 0 heterocycles. The van der Waals surface area contributed by atoms with Gasteiger partial charge >= 0.3 is 29.8 Å². The minimum Gasteiger partial charge on any atom is -0.480 e. The van der Waals surface area contributed by atoms with Crippen LogP contribution >= 0.6 is 0 Å². The average Bonchev–Trinajstić information content (AvgIpc) is 2.81. The van der Waals surface area contributed by atoms with Gasteiger partial charge in [-0.3, -0.25) is 14.4 Å². The molecule has 188 valence electrons. The van der Waals surface area contributed by atoms with E-state index in [1.54, 1.807) is 0 Å². The first-order valence-electron chi connectivity index (χ1n) is 9.41. The molecule has 0 unspecified atom stereocenters. The number of esters is 4. The van der Waals surface area contributed by atoms with Crippen molar-refractivity contribution in [1.82, 2.24) is 10.6 Å². The number of carboxylic acid groups (broad SMARTS) is 1. The van der Waals surface area contributed by atoms with E-state index in [4.69, 9.17) is 14.6 Å². The molecule has 0 bridgehead atoms. The summed E-state index contributed by atoms with van der Waals surface area (Å²) in [4.78, 5) is 77.7. The van der Waals surface area contributed by atoms with E-state index in [9.17, 15) is 33.6 Å². The molecule has 0 radical (unpaired) electrons. The fourth-order valence-corrected chi connectivity index (χ4v) is 1.60. The molecule has 3 N–H and O–H groups in total. The summed E-state index contributed by atoms with van der Waals surface area (Å²) in [5.41, 5.74) is 0. The van der Waals surface area contributed by atoms with Crippen molar-refractivity contribution in [3.8, 4) is 0 Å². The lowest BCUT2D eigenvalue weighted by atomic mass is 10.5. The van der Waals surface area contributed by atoms with E-state index in [1.807, 2.05) is 5.32 Å². The van der Waals surface area contributed by atoms with Crippen molar-refractivity contribution < 1.29 is 62.4 Å². The molecule has 2 amide bonds. The maximum atomic E-state index is 11.5. The zero-order valence-corrected chi connectivity index (χ0v) is 18.1. The smallest absolute Gasteiger partial charge is 0.331 e. The van der Waals surface area contributed by atoms with Gasteiger partial charge in [-0.15, -0.1) is 0 Å². The van der Waals surface area contributed by atoms with E-state index in [0.29, 0.717) is 0 Å². The van der Waals surface area contributed by atoms with Crippen LogP contribution in [0.1, 0.15) is 0 Å². The summed E-state index contributed by atoms with van der Waals surface area (Å²) in [7, 11) is 1.13. The number of carbonyl (C=O) groups excluding carboxylic acids is 6. The largest absolute Gasteiger partial charge is 0.480 e. The maximum absolute atomic E-state index is 11.5. The zero-order valence-electron chi connectivity index (χ0n) is 18.1. The van der Waals surface area contributed by atoms with E-state index in [-0.39, 0.29) is 26.4 Å². The highest BCUT2D eigenvalue weighted by Crippen LogP contribution is 1.88. The third-order valence-corrected chi connectivity index (χ3v) is 3.08. The summed E-state index contributed by atoms with van der Waals surface area (Å²) in [6.07, 6.45) is 3.14. The molecule has 0 aromatic rings. The van der Waals surface area contributed by atoms with Gasteiger partial charge in [-0.25, -0.2) is 19.2 Å². The van der Waals surface area contributed by atoms with Crippen molar-refractivity contribution in [2.45, 2.75) is 0 Å². The topological polar surface area (TPSA) is 210 Å². The first kappa shape index (κ1) is 29.7. The standard InChI is InChI=1S/C19H24N2O13/c1-30-16(26)2-3-18(28)33-11-13(22)20-6-7-31-8-9-32-17(27)4-5-19(29)34-12-14(23)21-10-15(24)25/h2-5H,6-12H2,1H3,(H,20,22)(H,21,23)(H,24,25)/b3-2+,5-4+. The summed E-state index contributed by atoms with van der Waals surface area (Å²) >= 11 is 0. The van der Waals surface area contributed by atoms with Crippen molar-refractivity contribution in [2.24, 2.45) is 0 Å². The molecule has 0 aliphatic heterocycles. The molecule has 0 fully saturated rings. The lowest BCUT2D eigenvalue weighted by Crippen LogP contribution is -2.32. The third kappa shape index (κ3) is 18.5. The van der Waals surface area contributed by atoms with Crippen molar-refractivity contribution >= 4 is 41.7 Å². The van der Waals surface area contributed by atoms with Crippen molar-refractivity contribution in [3.05, 3.63) is 24.3 Å². The maximum Gasteiger partial charge on any atom is 0.331 e. The van der Waals surface area contributed by atoms with Crippen LogP contribution in [0.5, 0.6) is 0 Å². The van der Waals surface area contributed by atoms with Gasteiger partial charge in [0.25, 0.3) is 11.8 Å². The number of hydrogen-bond acceptors (Lipinski definition) is 12. The predicted octanol–water partition coefficient (Wildman–Crippen LogP) is -2.76. The minimum absolute atomic E-state index is 0.0169. The molecule has 0 saturated heterocycles. The van der Waals surface area contributed by atoms with E-state index in [1.165, 1.54) is 0 Å². The average molecular weight is 488 g/mol. The van der Waals surface area contributed by atoms with Gasteiger partial charge in [0.05, 0.1) is 20.3 Å². The fourth-order valence-electron chi connectivity index (χ4n) is 1.60. The van der Waals surface area contributed by atoms with Crippen LogP contribution in [0.15, 0.2) is 24.3 Å². The molecule has 0 aromatic carbocycles. The van der Waals surface area contributed by atoms with Gasteiger partial charge in [0.15, 0.2) is 13.2 Å². The van der Waals surface area contributed by atoms with Gasteiger partial charge in [0.2, 0.25) is 0 Å². The number of methoxy groups -OCH3 is 1. The third-order valence-electron chi connectivity index (χ3n) is 3.08. The van der Waals surface area contributed by atoms with E-state index in [0.717, 1.165) is 31.4 Å². The highest BCUT2D eigenvalue weighted by atomic mass is 16.6. The Morgan fingerprint density at radius 3 is 1.71 bits per heavy atom. The summed E-state index contributed by atoms with van der Waals surface area (Å²) in [5.74, 6) is -6.24. The van der Waals surface area contributed by atoms with E-state index < -0.39 is 61.4 Å². The van der Waals surface area contributed by atoms with Crippen LogP contribution in [-0.2, 0) is 57.2 Å². The highest BCUT2D eigenvalue weighted by molar-refractivity contribution is 5.93. The number of hydrogen-bond donors (Lipinski definition) is 3. The van der Waals surface area contributed by atoms with Gasteiger partial charge in [-0.2, -0.15) is 0 Å². The first-order chi connectivity index (χ1) is 16.1. The Hall–Kier alpha value is -4.27. The molecule has 0 rings (SSSR count). The van der Waals surface area contributed by atoms with Gasteiger partial charge in [0.1, 0.15) is 13.2 Å². The molecule has 0 aliphatic rings. The molecule has 0 aromatic heterocycles. The lowest BCUT2D eigenvalue weighted by Gasteiger charge is -2.07. The second-order valence-corrected chi connectivity index (χ2v) is 5.71. The molecule has 0 saturated carbocycles. The summed E-state index contributed by atoms with van der Waals surface area (Å²) in [6.45, 7) is -1.95. The van der Waals surface area contributed by atoms with Crippen LogP contribution in [0.4, 0.5) is 0 Å². The van der Waals surface area contributed by atoms with Crippen molar-refractivity contribution in [2.75, 3.05) is 53.2 Å². The number of aliphatic carboxylic acids is 1. The van der Waals surface area contributed by atoms with Crippen LogP contribution in [0, 0.1) is 0 Å². The predicted molar refractivity (Wildman–Crippen MR) is 108 cm³/mol. The number of carbonyl (C=O) groups is 7. The molecule has 0 atom stereocenters. The minimum atomic E-state index is -1.26. The van der Waals surface area contributed by atoms with Gasteiger partial charge < -0.3 is 39.4 Å². The first-order valence-corrected chi connectivity index (χ1v) is 9.41. The monoisotopic (exact) mass is 488 g/mol. The second kappa shape index (κ2) is 18.3. The molecule has 0 spiro atoms. The van der Waals surface area contributed by atoms with Crippen LogP contribution < -0.4 is 10.6 Å². The Bertz CT molecular complexity index is 804. The van der Waals surface area contributed by atoms with Crippen LogP contribution in [-0.4, -0.2) is 100 Å². The number of rotatable bonds is 16. The SMILES string of the molecule is COC(=O)/C=C/C(=O)OCC(=O)NCCOCCOC(=O)/C=C/C(=O)OCC(=O)NCC(=O)O. The summed E-state index contributed by atoms with van der Waals surface area (Å²) in [6, 6.07) is 0. The fraction of sp³-hybridized carbons (Fsp3) is 0.421. The molecule has 15 heteroatoms. The summed E-state index contributed by atoms with van der Waals surface area (Å²) in [5, 5.41) is 12.7. The Morgan fingerprint density at radius 1 is 0.676 bits per heavy atom. The van der Waals surface area contributed by atoms with Crippen LogP contribution in [0.2, 0.25) is 0 Å². The van der Waals surface area contributed by atoms with Gasteiger partial charge in [0, 0.05) is 30.8 Å². The molecule has 34 heavy (non-hydrogen) atoms. The van der Waals surface area contributed by atoms with Crippen molar-refractivity contribution in [1.29, 1.82) is 0 Å². The Morgan fingerprint density at radius 2 is 1.18 bits per heavy atom. The van der Waals surface area contributed by atoms with Crippen LogP contribution in [0.3, 0.4) is 0 Å². The number of carboxylic acids is 1. The number of ether oxygens (including phenoxy) is 5.